The molecule has 0 N–H and O–H groups in total. The van der Waals surface area contributed by atoms with Crippen LogP contribution in [0.3, 0.4) is 0 Å². The Kier molecular flexibility index (Phi) is 1.53. The lowest BCUT2D eigenvalue weighted by molar-refractivity contribution is 1.00. The van der Waals surface area contributed by atoms with Crippen LogP contribution < -0.4 is 0 Å². The van der Waals surface area contributed by atoms with Gasteiger partial charge in [-0.1, -0.05) is 6.07 Å². The molecule has 0 saturated heterocycles. The molecule has 0 aromatic carbocycles. The van der Waals surface area contributed by atoms with Crippen LogP contribution in [-0.4, -0.2) is 19.6 Å². The molecule has 4 aromatic rings. The van der Waals surface area contributed by atoms with Crippen LogP contribution in [0.25, 0.3) is 27.3 Å². The first-order valence-corrected chi connectivity index (χ1v) is 5.39. The summed E-state index contributed by atoms with van der Waals surface area (Å²) in [7, 11) is 0. The highest BCUT2D eigenvalue weighted by molar-refractivity contribution is 6.10. The normalized spacial score (nSPS) is 11.5. The van der Waals surface area contributed by atoms with Gasteiger partial charge in [-0.3, -0.25) is 9.97 Å². The number of rotatable bonds is 0. The summed E-state index contributed by atoms with van der Waals surface area (Å²) in [5, 5.41) is 6.54. The van der Waals surface area contributed by atoms with Gasteiger partial charge in [0, 0.05) is 29.4 Å². The maximum atomic E-state index is 4.44. The molecular weight excluding hydrogens is 212 g/mol. The average molecular weight is 220 g/mol. The second kappa shape index (κ2) is 3.01. The summed E-state index contributed by atoms with van der Waals surface area (Å²) >= 11 is 0. The lowest BCUT2D eigenvalue weighted by Crippen LogP contribution is -1.93. The Morgan fingerprint density at radius 2 is 1.82 bits per heavy atom. The van der Waals surface area contributed by atoms with Gasteiger partial charge in [0.15, 0.2) is 0 Å². The molecule has 0 saturated carbocycles. The molecule has 0 aliphatic rings. The average Bonchev–Trinajstić information content (AvgIpc) is 2.89. The summed E-state index contributed by atoms with van der Waals surface area (Å²) in [5.74, 6) is 0. The van der Waals surface area contributed by atoms with Gasteiger partial charge in [-0.25, -0.2) is 4.52 Å². The number of hydrogen-bond donors (Lipinski definition) is 0. The van der Waals surface area contributed by atoms with E-state index in [9.17, 15) is 0 Å². The van der Waals surface area contributed by atoms with Crippen LogP contribution in [-0.2, 0) is 0 Å². The first kappa shape index (κ1) is 8.64. The molecular formula is C13H8N4. The van der Waals surface area contributed by atoms with E-state index in [0.717, 1.165) is 27.3 Å². The van der Waals surface area contributed by atoms with Gasteiger partial charge in [0.1, 0.15) is 0 Å². The second-order valence-electron chi connectivity index (χ2n) is 3.92. The molecule has 4 rings (SSSR count). The van der Waals surface area contributed by atoms with Crippen molar-refractivity contribution in [1.29, 1.82) is 0 Å². The topological polar surface area (TPSA) is 43.1 Å². The molecule has 80 valence electrons. The third-order valence-corrected chi connectivity index (χ3v) is 3.01. The molecule has 0 atom stereocenters. The highest BCUT2D eigenvalue weighted by Gasteiger charge is 2.08. The molecule has 0 fully saturated rings. The number of pyridine rings is 3. The molecule has 0 spiro atoms. The van der Waals surface area contributed by atoms with Crippen LogP contribution in [0.2, 0.25) is 0 Å². The van der Waals surface area contributed by atoms with E-state index in [4.69, 9.17) is 0 Å². The summed E-state index contributed by atoms with van der Waals surface area (Å²) in [6, 6.07) is 7.97. The van der Waals surface area contributed by atoms with Crippen LogP contribution in [0.1, 0.15) is 0 Å². The number of aromatic nitrogens is 4. The Labute approximate surface area is 96.5 Å². The molecule has 17 heavy (non-hydrogen) atoms. The molecule has 0 bridgehead atoms. The van der Waals surface area contributed by atoms with E-state index in [1.54, 1.807) is 18.6 Å². The van der Waals surface area contributed by atoms with Crippen molar-refractivity contribution in [3.8, 4) is 0 Å². The zero-order valence-electron chi connectivity index (χ0n) is 8.91. The third kappa shape index (κ3) is 1.04. The van der Waals surface area contributed by atoms with Crippen molar-refractivity contribution in [3.63, 3.8) is 0 Å². The smallest absolute Gasteiger partial charge is 0.0967 e. The van der Waals surface area contributed by atoms with Crippen LogP contribution in [0.4, 0.5) is 0 Å². The minimum Gasteiger partial charge on any atom is -0.264 e. The maximum Gasteiger partial charge on any atom is 0.0967 e. The molecule has 0 amide bonds. The number of fused-ring (bicyclic) bond motifs is 6. The van der Waals surface area contributed by atoms with Gasteiger partial charge in [0.25, 0.3) is 0 Å². The predicted octanol–water partition coefficient (Wildman–Crippen LogP) is 2.43. The van der Waals surface area contributed by atoms with E-state index < -0.39 is 0 Å². The zero-order valence-corrected chi connectivity index (χ0v) is 8.91. The van der Waals surface area contributed by atoms with Gasteiger partial charge in [-0.2, -0.15) is 5.10 Å². The van der Waals surface area contributed by atoms with Gasteiger partial charge in [0.2, 0.25) is 0 Å². The van der Waals surface area contributed by atoms with Crippen molar-refractivity contribution in [2.75, 3.05) is 0 Å². The molecule has 0 unspecified atom stereocenters. The Bertz CT molecular complexity index is 778. The SMILES string of the molecule is c1cnc2c(c1)c1cnccc1n1nccc21. The van der Waals surface area contributed by atoms with Crippen molar-refractivity contribution >= 4 is 27.3 Å². The third-order valence-electron chi connectivity index (χ3n) is 3.01. The van der Waals surface area contributed by atoms with Crippen molar-refractivity contribution in [2.24, 2.45) is 0 Å². The zero-order chi connectivity index (χ0) is 11.2. The molecule has 0 radical (unpaired) electrons. The lowest BCUT2D eigenvalue weighted by atomic mass is 10.1. The van der Waals surface area contributed by atoms with Gasteiger partial charge < -0.3 is 0 Å². The summed E-state index contributed by atoms with van der Waals surface area (Å²) in [6.07, 6.45) is 7.24. The predicted molar refractivity (Wildman–Crippen MR) is 65.8 cm³/mol. The Balaban J connectivity index is 2.48. The maximum absolute atomic E-state index is 4.44. The summed E-state index contributed by atoms with van der Waals surface area (Å²) in [6.45, 7) is 0. The Morgan fingerprint density at radius 1 is 0.882 bits per heavy atom. The fraction of sp³-hybridized carbons (Fsp3) is 0. The Morgan fingerprint density at radius 3 is 2.82 bits per heavy atom. The largest absolute Gasteiger partial charge is 0.264 e. The molecule has 4 heterocycles. The molecule has 4 nitrogen and oxygen atoms in total. The monoisotopic (exact) mass is 220 g/mol. The van der Waals surface area contributed by atoms with Crippen LogP contribution in [0.15, 0.2) is 49.1 Å². The van der Waals surface area contributed by atoms with Gasteiger partial charge in [0.05, 0.1) is 22.7 Å². The quantitative estimate of drug-likeness (QED) is 0.427. The second-order valence-corrected chi connectivity index (χ2v) is 3.92. The van der Waals surface area contributed by atoms with Crippen molar-refractivity contribution in [1.82, 2.24) is 19.6 Å². The van der Waals surface area contributed by atoms with Gasteiger partial charge in [-0.15, -0.1) is 0 Å². The fourth-order valence-corrected chi connectivity index (χ4v) is 2.28. The minimum atomic E-state index is 0.963. The lowest BCUT2D eigenvalue weighted by Gasteiger charge is -2.05. The fourth-order valence-electron chi connectivity index (χ4n) is 2.28. The van der Waals surface area contributed by atoms with Crippen molar-refractivity contribution in [2.45, 2.75) is 0 Å². The van der Waals surface area contributed by atoms with Crippen LogP contribution in [0.5, 0.6) is 0 Å². The van der Waals surface area contributed by atoms with Crippen LogP contribution >= 0.6 is 0 Å². The molecule has 4 heteroatoms. The van der Waals surface area contributed by atoms with Crippen molar-refractivity contribution < 1.29 is 0 Å². The summed E-state index contributed by atoms with van der Waals surface area (Å²) in [5.41, 5.74) is 3.05. The van der Waals surface area contributed by atoms with E-state index >= 15 is 0 Å². The molecule has 0 aliphatic carbocycles. The van der Waals surface area contributed by atoms with Crippen LogP contribution in [0, 0.1) is 0 Å². The number of hydrogen-bond acceptors (Lipinski definition) is 3. The highest BCUT2D eigenvalue weighted by Crippen LogP contribution is 2.26. The van der Waals surface area contributed by atoms with E-state index in [-0.39, 0.29) is 0 Å². The molecule has 4 aromatic heterocycles. The highest BCUT2D eigenvalue weighted by atomic mass is 15.2. The first-order valence-electron chi connectivity index (χ1n) is 5.39. The number of nitrogens with zero attached hydrogens (tertiary/aromatic N) is 4. The van der Waals surface area contributed by atoms with Gasteiger partial charge in [-0.05, 0) is 18.2 Å². The summed E-state index contributed by atoms with van der Waals surface area (Å²) in [4.78, 5) is 8.63. The minimum absolute atomic E-state index is 0.963. The van der Waals surface area contributed by atoms with E-state index in [1.807, 2.05) is 28.9 Å². The standard InChI is InChI=1S/C13H8N4/c1-2-9-10-8-14-6-3-11(10)17-12(4-7-16-17)13(9)15-5-1/h1-8H. The molecule has 0 aliphatic heterocycles. The summed E-state index contributed by atoms with van der Waals surface area (Å²) < 4.78 is 1.91. The van der Waals surface area contributed by atoms with E-state index in [2.05, 4.69) is 21.1 Å². The first-order chi connectivity index (χ1) is 8.45. The van der Waals surface area contributed by atoms with Crippen molar-refractivity contribution in [3.05, 3.63) is 49.1 Å². The van der Waals surface area contributed by atoms with Gasteiger partial charge >= 0.3 is 0 Å². The van der Waals surface area contributed by atoms with E-state index in [0.29, 0.717) is 0 Å². The van der Waals surface area contributed by atoms with E-state index in [1.165, 1.54) is 0 Å². The Hall–Kier alpha value is -2.49.